The molecule has 3 aliphatic rings. The van der Waals surface area contributed by atoms with Crippen molar-refractivity contribution < 1.29 is 14.4 Å². The molecule has 3 heterocycles. The van der Waals surface area contributed by atoms with Crippen molar-refractivity contribution in [1.29, 1.82) is 0 Å². The molecule has 0 saturated heterocycles. The number of amides is 3. The smallest absolute Gasteiger partial charge is 0.255 e. The molecular weight excluding hydrogens is 476 g/mol. The molecule has 0 radical (unpaired) electrons. The van der Waals surface area contributed by atoms with E-state index in [1.807, 2.05) is 56.3 Å². The number of hydrogen-bond donors (Lipinski definition) is 3. The van der Waals surface area contributed by atoms with Gasteiger partial charge in [-0.3, -0.25) is 14.4 Å². The Balaban J connectivity index is 1.34. The number of hydrogen-bond acceptors (Lipinski definition) is 3. The molecule has 198 valence electrons. The second-order valence-corrected chi connectivity index (χ2v) is 11.2. The summed E-state index contributed by atoms with van der Waals surface area (Å²) in [4.78, 5) is 46.4. The average Bonchev–Trinajstić information content (AvgIpc) is 3.46. The summed E-state index contributed by atoms with van der Waals surface area (Å²) in [5.41, 5.74) is 4.59. The van der Waals surface area contributed by atoms with Gasteiger partial charge in [0.05, 0.1) is 6.04 Å². The number of benzene rings is 2. The fourth-order valence-corrected chi connectivity index (χ4v) is 6.63. The molecule has 1 fully saturated rings. The monoisotopic (exact) mass is 512 g/mol. The Labute approximate surface area is 223 Å². The van der Waals surface area contributed by atoms with E-state index in [2.05, 4.69) is 21.7 Å². The lowest BCUT2D eigenvalue weighted by Gasteiger charge is -2.38. The maximum atomic E-state index is 14.0. The molecular formula is C31H36N4O3. The van der Waals surface area contributed by atoms with Crippen LogP contribution in [-0.2, 0) is 16.0 Å². The molecule has 2 aromatic carbocycles. The quantitative estimate of drug-likeness (QED) is 0.450. The summed E-state index contributed by atoms with van der Waals surface area (Å²) in [6, 6.07) is 14.2. The van der Waals surface area contributed by atoms with Gasteiger partial charge in [0.2, 0.25) is 11.8 Å². The second kappa shape index (κ2) is 9.93. The molecule has 0 bridgehead atoms. The van der Waals surface area contributed by atoms with Crippen molar-refractivity contribution in [3.8, 4) is 0 Å². The van der Waals surface area contributed by atoms with Crippen LogP contribution in [0.1, 0.15) is 85.6 Å². The Morgan fingerprint density at radius 1 is 1.05 bits per heavy atom. The summed E-state index contributed by atoms with van der Waals surface area (Å²) in [6.07, 6.45) is 6.60. The van der Waals surface area contributed by atoms with Gasteiger partial charge in [0.1, 0.15) is 12.1 Å². The third-order valence-electron chi connectivity index (χ3n) is 8.90. The summed E-state index contributed by atoms with van der Waals surface area (Å²) in [5.74, 6) is -0.550. The van der Waals surface area contributed by atoms with E-state index in [4.69, 9.17) is 0 Å². The van der Waals surface area contributed by atoms with Gasteiger partial charge in [-0.1, -0.05) is 75.9 Å². The van der Waals surface area contributed by atoms with E-state index < -0.39 is 12.1 Å². The summed E-state index contributed by atoms with van der Waals surface area (Å²) in [6.45, 7) is 4.04. The normalized spacial score (nSPS) is 22.4. The Bertz CT molecular complexity index is 1390. The largest absolute Gasteiger partial charge is 0.356 e. The van der Waals surface area contributed by atoms with Crippen molar-refractivity contribution in [1.82, 2.24) is 20.5 Å². The molecule has 4 atom stereocenters. The first-order valence-electron chi connectivity index (χ1n) is 14.1. The van der Waals surface area contributed by atoms with Gasteiger partial charge in [-0.25, -0.2) is 0 Å². The third kappa shape index (κ3) is 4.08. The number of carbonyl (C=O) groups excluding carboxylic acids is 3. The molecule has 3 aromatic rings. The van der Waals surface area contributed by atoms with Crippen molar-refractivity contribution in [2.24, 2.45) is 5.92 Å². The molecule has 7 heteroatoms. The van der Waals surface area contributed by atoms with E-state index in [1.165, 1.54) is 6.42 Å². The SMILES string of the molecule is CC[C@H](C)[C@H](NC(=O)[C@H]1Cc2c([nH]c3ccccc23)[C@@H]2c3ccccc3C(=O)N21)C(=O)NC1CCCCC1. The van der Waals surface area contributed by atoms with Gasteiger partial charge in [0.15, 0.2) is 0 Å². The summed E-state index contributed by atoms with van der Waals surface area (Å²) >= 11 is 0. The highest BCUT2D eigenvalue weighted by atomic mass is 16.2. The van der Waals surface area contributed by atoms with E-state index in [0.717, 1.165) is 59.8 Å². The van der Waals surface area contributed by atoms with E-state index >= 15 is 0 Å². The fourth-order valence-electron chi connectivity index (χ4n) is 6.63. The van der Waals surface area contributed by atoms with Gasteiger partial charge in [0, 0.05) is 34.6 Å². The molecule has 6 rings (SSSR count). The maximum Gasteiger partial charge on any atom is 0.255 e. The minimum Gasteiger partial charge on any atom is -0.356 e. The Kier molecular flexibility index (Phi) is 6.46. The van der Waals surface area contributed by atoms with Crippen LogP contribution in [-0.4, -0.2) is 45.7 Å². The number of aromatic nitrogens is 1. The molecule has 2 aliphatic heterocycles. The summed E-state index contributed by atoms with van der Waals surface area (Å²) in [5, 5.41) is 7.39. The Morgan fingerprint density at radius 3 is 2.58 bits per heavy atom. The van der Waals surface area contributed by atoms with Crippen LogP contribution in [0.15, 0.2) is 48.5 Å². The van der Waals surface area contributed by atoms with E-state index in [9.17, 15) is 14.4 Å². The van der Waals surface area contributed by atoms with Crippen LogP contribution in [0.5, 0.6) is 0 Å². The number of aromatic amines is 1. The zero-order valence-corrected chi connectivity index (χ0v) is 22.1. The van der Waals surface area contributed by atoms with Gasteiger partial charge >= 0.3 is 0 Å². The number of H-pyrrole nitrogens is 1. The number of nitrogens with one attached hydrogen (secondary N) is 3. The average molecular weight is 513 g/mol. The molecule has 1 saturated carbocycles. The zero-order chi connectivity index (χ0) is 26.4. The highest BCUT2D eigenvalue weighted by molar-refractivity contribution is 6.04. The van der Waals surface area contributed by atoms with Gasteiger partial charge in [-0.2, -0.15) is 0 Å². The summed E-state index contributed by atoms with van der Waals surface area (Å²) in [7, 11) is 0. The van der Waals surface area contributed by atoms with E-state index in [-0.39, 0.29) is 35.7 Å². The van der Waals surface area contributed by atoms with Gasteiger partial charge < -0.3 is 20.5 Å². The van der Waals surface area contributed by atoms with Crippen LogP contribution in [0.25, 0.3) is 10.9 Å². The predicted molar refractivity (Wildman–Crippen MR) is 147 cm³/mol. The number of fused-ring (bicyclic) bond motifs is 7. The first-order valence-corrected chi connectivity index (χ1v) is 14.1. The predicted octanol–water partition coefficient (Wildman–Crippen LogP) is 4.62. The van der Waals surface area contributed by atoms with Crippen LogP contribution in [0.2, 0.25) is 0 Å². The van der Waals surface area contributed by atoms with Crippen LogP contribution in [0.4, 0.5) is 0 Å². The number of para-hydroxylation sites is 1. The van der Waals surface area contributed by atoms with Crippen molar-refractivity contribution in [3.05, 3.63) is 70.9 Å². The van der Waals surface area contributed by atoms with Gasteiger partial charge in [-0.05, 0) is 42.0 Å². The molecule has 1 aliphatic carbocycles. The minimum atomic E-state index is -0.708. The Morgan fingerprint density at radius 2 is 1.79 bits per heavy atom. The van der Waals surface area contributed by atoms with Crippen molar-refractivity contribution >= 4 is 28.6 Å². The number of nitrogens with zero attached hydrogens (tertiary/aromatic N) is 1. The van der Waals surface area contributed by atoms with Crippen molar-refractivity contribution in [3.63, 3.8) is 0 Å². The highest BCUT2D eigenvalue weighted by Gasteiger charge is 2.49. The fraction of sp³-hybridized carbons (Fsp3) is 0.452. The molecule has 3 amide bonds. The van der Waals surface area contributed by atoms with Crippen molar-refractivity contribution in [2.45, 2.75) is 83.0 Å². The lowest BCUT2D eigenvalue weighted by Crippen LogP contribution is -2.58. The van der Waals surface area contributed by atoms with Crippen LogP contribution in [0.3, 0.4) is 0 Å². The minimum absolute atomic E-state index is 0.0305. The van der Waals surface area contributed by atoms with Crippen LogP contribution in [0, 0.1) is 5.92 Å². The lowest BCUT2D eigenvalue weighted by atomic mass is 9.89. The Hall–Kier alpha value is -3.61. The van der Waals surface area contributed by atoms with Gasteiger partial charge in [0.25, 0.3) is 5.91 Å². The van der Waals surface area contributed by atoms with Crippen molar-refractivity contribution in [2.75, 3.05) is 0 Å². The zero-order valence-electron chi connectivity index (χ0n) is 22.1. The van der Waals surface area contributed by atoms with Crippen LogP contribution >= 0.6 is 0 Å². The second-order valence-electron chi connectivity index (χ2n) is 11.2. The molecule has 0 unspecified atom stereocenters. The molecule has 0 spiro atoms. The number of rotatable bonds is 6. The summed E-state index contributed by atoms with van der Waals surface area (Å²) < 4.78 is 0. The molecule has 1 aromatic heterocycles. The number of carbonyl (C=O) groups is 3. The third-order valence-corrected chi connectivity index (χ3v) is 8.90. The topological polar surface area (TPSA) is 94.3 Å². The molecule has 38 heavy (non-hydrogen) atoms. The first kappa shape index (κ1) is 24.7. The molecule has 7 nitrogen and oxygen atoms in total. The maximum absolute atomic E-state index is 14.0. The van der Waals surface area contributed by atoms with Crippen LogP contribution < -0.4 is 10.6 Å². The highest BCUT2D eigenvalue weighted by Crippen LogP contribution is 2.46. The standard InChI is InChI=1S/C31H36N4O3/c1-3-18(2)26(30(37)32-19-11-5-4-6-12-19)34-29(36)25-17-23-20-13-9-10-16-24(20)33-27(23)28-21-14-7-8-15-22(21)31(38)35(25)28/h7-10,13-16,18-19,25-26,28,33H,3-6,11-12,17H2,1-2H3,(H,32,37)(H,34,36)/t18-,25+,26-,28-/m0/s1. The van der Waals surface area contributed by atoms with E-state index in [1.54, 1.807) is 4.90 Å². The lowest BCUT2D eigenvalue weighted by molar-refractivity contribution is -0.133. The first-order chi connectivity index (χ1) is 18.5. The molecule has 3 N–H and O–H groups in total. The van der Waals surface area contributed by atoms with E-state index in [0.29, 0.717) is 12.0 Å². The van der Waals surface area contributed by atoms with Gasteiger partial charge in [-0.15, -0.1) is 0 Å².